The minimum absolute atomic E-state index is 0.0177. The van der Waals surface area contributed by atoms with Gasteiger partial charge >= 0.3 is 0 Å². The van der Waals surface area contributed by atoms with Gasteiger partial charge in [-0.2, -0.15) is 0 Å². The lowest BCUT2D eigenvalue weighted by Crippen LogP contribution is -2.42. The fourth-order valence-electron chi connectivity index (χ4n) is 1.99. The monoisotopic (exact) mass is 276 g/mol. The summed E-state index contributed by atoms with van der Waals surface area (Å²) in [6, 6.07) is 6.66. The smallest absolute Gasteiger partial charge is 0.258 e. The van der Waals surface area contributed by atoms with Crippen LogP contribution in [0.3, 0.4) is 0 Å². The highest BCUT2D eigenvalue weighted by Crippen LogP contribution is 2.17. The molecule has 1 aliphatic rings. The Morgan fingerprint density at radius 2 is 2.15 bits per heavy atom. The minimum Gasteiger partial charge on any atom is -0.483 e. The molecule has 1 heterocycles. The van der Waals surface area contributed by atoms with E-state index in [0.29, 0.717) is 5.75 Å². The standard InChI is InChI=1S/C14H16N2O4/c1-2-9-5-3-4-6-11(9)20-8-13(18)15-10-7-12(17)16-14(10)19/h3-6,10H,2,7-8H2,1H3,(H,15,18)(H,16,17,19). The second-order valence-corrected chi connectivity index (χ2v) is 4.49. The number of ether oxygens (including phenoxy) is 1. The van der Waals surface area contributed by atoms with Crippen molar-refractivity contribution in [1.29, 1.82) is 0 Å². The van der Waals surface area contributed by atoms with Crippen molar-refractivity contribution in [3.05, 3.63) is 29.8 Å². The molecule has 1 saturated heterocycles. The molecule has 6 nitrogen and oxygen atoms in total. The van der Waals surface area contributed by atoms with E-state index >= 15 is 0 Å². The highest BCUT2D eigenvalue weighted by atomic mass is 16.5. The fourth-order valence-corrected chi connectivity index (χ4v) is 1.99. The normalized spacial score (nSPS) is 17.8. The van der Waals surface area contributed by atoms with Crippen LogP contribution < -0.4 is 15.4 Å². The number of carbonyl (C=O) groups is 3. The van der Waals surface area contributed by atoms with Gasteiger partial charge in [-0.15, -0.1) is 0 Å². The first kappa shape index (κ1) is 14.0. The van der Waals surface area contributed by atoms with Crippen LogP contribution in [0.4, 0.5) is 0 Å². The zero-order valence-electron chi connectivity index (χ0n) is 11.1. The number of benzene rings is 1. The van der Waals surface area contributed by atoms with E-state index in [1.54, 1.807) is 6.07 Å². The Balaban J connectivity index is 1.86. The summed E-state index contributed by atoms with van der Waals surface area (Å²) in [5, 5.41) is 4.60. The van der Waals surface area contributed by atoms with E-state index in [9.17, 15) is 14.4 Å². The lowest BCUT2D eigenvalue weighted by Gasteiger charge is -2.12. The van der Waals surface area contributed by atoms with Crippen molar-refractivity contribution >= 4 is 17.7 Å². The molecule has 3 amide bonds. The summed E-state index contributed by atoms with van der Waals surface area (Å²) in [5.41, 5.74) is 1.01. The van der Waals surface area contributed by atoms with Gasteiger partial charge in [0.15, 0.2) is 6.61 Å². The molecular formula is C14H16N2O4. The molecule has 0 radical (unpaired) electrons. The van der Waals surface area contributed by atoms with Crippen molar-refractivity contribution in [3.63, 3.8) is 0 Å². The molecular weight excluding hydrogens is 260 g/mol. The van der Waals surface area contributed by atoms with Crippen molar-refractivity contribution < 1.29 is 19.1 Å². The van der Waals surface area contributed by atoms with Crippen LogP contribution in [-0.4, -0.2) is 30.4 Å². The molecule has 6 heteroatoms. The van der Waals surface area contributed by atoms with Crippen LogP contribution in [0.25, 0.3) is 0 Å². The first-order valence-corrected chi connectivity index (χ1v) is 6.44. The van der Waals surface area contributed by atoms with Gasteiger partial charge in [0, 0.05) is 0 Å². The molecule has 1 unspecified atom stereocenters. The average molecular weight is 276 g/mol. The number of aryl methyl sites for hydroxylation is 1. The van der Waals surface area contributed by atoms with Gasteiger partial charge in [0.2, 0.25) is 11.8 Å². The number of carbonyl (C=O) groups excluding carboxylic acids is 3. The van der Waals surface area contributed by atoms with E-state index in [1.807, 2.05) is 25.1 Å². The van der Waals surface area contributed by atoms with Crippen LogP contribution in [0.1, 0.15) is 18.9 Å². The van der Waals surface area contributed by atoms with E-state index in [-0.39, 0.29) is 18.9 Å². The molecule has 1 aliphatic heterocycles. The second-order valence-electron chi connectivity index (χ2n) is 4.49. The topological polar surface area (TPSA) is 84.5 Å². The molecule has 1 fully saturated rings. The molecule has 2 N–H and O–H groups in total. The van der Waals surface area contributed by atoms with Crippen molar-refractivity contribution in [3.8, 4) is 5.75 Å². The third-order valence-corrected chi connectivity index (χ3v) is 3.02. The molecule has 0 aliphatic carbocycles. The van der Waals surface area contributed by atoms with Crippen LogP contribution in [0, 0.1) is 0 Å². The third-order valence-electron chi connectivity index (χ3n) is 3.02. The zero-order valence-corrected chi connectivity index (χ0v) is 11.1. The van der Waals surface area contributed by atoms with Crippen molar-refractivity contribution in [1.82, 2.24) is 10.6 Å². The lowest BCUT2D eigenvalue weighted by atomic mass is 10.1. The van der Waals surface area contributed by atoms with Crippen LogP contribution in [-0.2, 0) is 20.8 Å². The summed E-state index contributed by atoms with van der Waals surface area (Å²) in [4.78, 5) is 34.0. The average Bonchev–Trinajstić information content (AvgIpc) is 2.75. The number of para-hydroxylation sites is 1. The highest BCUT2D eigenvalue weighted by Gasteiger charge is 2.31. The maximum Gasteiger partial charge on any atom is 0.258 e. The highest BCUT2D eigenvalue weighted by molar-refractivity contribution is 6.06. The molecule has 20 heavy (non-hydrogen) atoms. The number of amides is 3. The molecule has 2 rings (SSSR count). The number of rotatable bonds is 5. The maximum atomic E-state index is 11.7. The van der Waals surface area contributed by atoms with Crippen LogP contribution >= 0.6 is 0 Å². The molecule has 1 aromatic carbocycles. The SMILES string of the molecule is CCc1ccccc1OCC(=O)NC1CC(=O)NC1=O. The number of hydrogen-bond acceptors (Lipinski definition) is 4. The second kappa shape index (κ2) is 6.18. The molecule has 106 valence electrons. The van der Waals surface area contributed by atoms with Gasteiger partial charge in [-0.05, 0) is 18.1 Å². The summed E-state index contributed by atoms with van der Waals surface area (Å²) in [6.07, 6.45) is 0.785. The Hall–Kier alpha value is -2.37. The van der Waals surface area contributed by atoms with Gasteiger partial charge < -0.3 is 10.1 Å². The molecule has 0 spiro atoms. The van der Waals surface area contributed by atoms with E-state index < -0.39 is 17.9 Å². The van der Waals surface area contributed by atoms with Crippen LogP contribution in [0.2, 0.25) is 0 Å². The van der Waals surface area contributed by atoms with E-state index in [0.717, 1.165) is 12.0 Å². The Morgan fingerprint density at radius 1 is 1.40 bits per heavy atom. The first-order valence-electron chi connectivity index (χ1n) is 6.44. The molecule has 0 bridgehead atoms. The maximum absolute atomic E-state index is 11.7. The number of imide groups is 1. The third kappa shape index (κ3) is 3.34. The summed E-state index contributed by atoms with van der Waals surface area (Å²) < 4.78 is 5.43. The van der Waals surface area contributed by atoms with Crippen molar-refractivity contribution in [2.45, 2.75) is 25.8 Å². The summed E-state index contributed by atoms with van der Waals surface area (Å²) in [6.45, 7) is 1.81. The Kier molecular flexibility index (Phi) is 4.34. The van der Waals surface area contributed by atoms with Crippen LogP contribution in [0.5, 0.6) is 5.75 Å². The molecule has 1 atom stereocenters. The largest absolute Gasteiger partial charge is 0.483 e. The van der Waals surface area contributed by atoms with Gasteiger partial charge in [-0.1, -0.05) is 25.1 Å². The summed E-state index contributed by atoms with van der Waals surface area (Å²) >= 11 is 0. The van der Waals surface area contributed by atoms with Crippen molar-refractivity contribution in [2.75, 3.05) is 6.61 Å². The van der Waals surface area contributed by atoms with Gasteiger partial charge in [-0.3, -0.25) is 19.7 Å². The first-order chi connectivity index (χ1) is 9.60. The molecule has 0 saturated carbocycles. The predicted molar refractivity (Wildman–Crippen MR) is 71.0 cm³/mol. The molecule has 1 aromatic rings. The van der Waals surface area contributed by atoms with E-state index in [2.05, 4.69) is 10.6 Å². The van der Waals surface area contributed by atoms with Gasteiger partial charge in [0.25, 0.3) is 5.91 Å². The van der Waals surface area contributed by atoms with Gasteiger partial charge in [0.1, 0.15) is 11.8 Å². The summed E-state index contributed by atoms with van der Waals surface area (Å²) in [7, 11) is 0. The Morgan fingerprint density at radius 3 is 2.80 bits per heavy atom. The number of hydrogen-bond donors (Lipinski definition) is 2. The minimum atomic E-state index is -0.792. The van der Waals surface area contributed by atoms with E-state index in [4.69, 9.17) is 4.74 Å². The van der Waals surface area contributed by atoms with Gasteiger partial charge in [-0.25, -0.2) is 0 Å². The zero-order chi connectivity index (χ0) is 14.5. The summed E-state index contributed by atoms with van der Waals surface area (Å²) in [5.74, 6) is -0.627. The van der Waals surface area contributed by atoms with E-state index in [1.165, 1.54) is 0 Å². The fraction of sp³-hybridized carbons (Fsp3) is 0.357. The quantitative estimate of drug-likeness (QED) is 0.750. The van der Waals surface area contributed by atoms with Gasteiger partial charge in [0.05, 0.1) is 6.42 Å². The Labute approximate surface area is 116 Å². The number of nitrogens with one attached hydrogen (secondary N) is 2. The Bertz CT molecular complexity index is 542. The lowest BCUT2D eigenvalue weighted by molar-refractivity contribution is -0.129. The molecule has 0 aromatic heterocycles. The van der Waals surface area contributed by atoms with Crippen molar-refractivity contribution in [2.24, 2.45) is 0 Å². The predicted octanol–water partition coefficient (Wildman–Crippen LogP) is 0.159. The van der Waals surface area contributed by atoms with Crippen LogP contribution in [0.15, 0.2) is 24.3 Å².